The number of carbonyl (C=O) groups excluding carboxylic acids is 4. The summed E-state index contributed by atoms with van der Waals surface area (Å²) in [5, 5.41) is 6.16. The number of pyridine rings is 1. The second kappa shape index (κ2) is 14.0. The SMILES string of the molecule is COc1cc(C2=C(c3c[nH]c4ncc(COc5cc(C6=C(c7c[nH]c8ccccc78)C(=O)NC6=O)cc(OC)c5OC)cc34)C(=O)NC2=O)cc(OC)c1OC. The van der Waals surface area contributed by atoms with E-state index in [0.717, 1.165) is 10.9 Å². The van der Waals surface area contributed by atoms with E-state index in [1.807, 2.05) is 24.3 Å². The van der Waals surface area contributed by atoms with Crippen molar-refractivity contribution >= 4 is 67.9 Å². The molecule has 3 aromatic heterocycles. The molecule has 0 spiro atoms. The molecule has 282 valence electrons. The summed E-state index contributed by atoms with van der Waals surface area (Å²) in [6.07, 6.45) is 4.91. The number of carbonyl (C=O) groups is 4. The van der Waals surface area contributed by atoms with Crippen LogP contribution < -0.4 is 39.1 Å². The molecule has 15 nitrogen and oxygen atoms in total. The van der Waals surface area contributed by atoms with Gasteiger partial charge in [0.1, 0.15) is 12.3 Å². The number of aromatic nitrogens is 3. The minimum Gasteiger partial charge on any atom is -0.493 e. The third-order valence-electron chi connectivity index (χ3n) is 9.66. The predicted molar refractivity (Wildman–Crippen MR) is 204 cm³/mol. The third-order valence-corrected chi connectivity index (χ3v) is 9.66. The average Bonchev–Trinajstić information content (AvgIpc) is 3.97. The van der Waals surface area contributed by atoms with Gasteiger partial charge in [0.25, 0.3) is 23.6 Å². The molecule has 2 aliphatic heterocycles. The van der Waals surface area contributed by atoms with Crippen molar-refractivity contribution in [2.75, 3.05) is 35.5 Å². The number of aromatic amines is 2. The van der Waals surface area contributed by atoms with Crippen LogP contribution >= 0.6 is 0 Å². The molecule has 15 heteroatoms. The van der Waals surface area contributed by atoms with E-state index in [9.17, 15) is 19.2 Å². The normalized spacial score (nSPS) is 14.2. The first kappa shape index (κ1) is 35.5. The number of nitrogens with one attached hydrogen (secondary N) is 4. The summed E-state index contributed by atoms with van der Waals surface area (Å²) in [6.45, 7) is -0.0417. The minimum absolute atomic E-state index is 0.0417. The van der Waals surface area contributed by atoms with Gasteiger partial charge in [-0.3, -0.25) is 29.8 Å². The van der Waals surface area contributed by atoms with Crippen LogP contribution in [0, 0.1) is 0 Å². The number of H-pyrrole nitrogens is 2. The molecular weight excluding hydrogens is 722 g/mol. The van der Waals surface area contributed by atoms with Crippen LogP contribution in [0.3, 0.4) is 0 Å². The lowest BCUT2D eigenvalue weighted by molar-refractivity contribution is -0.124. The molecule has 0 saturated heterocycles. The highest BCUT2D eigenvalue weighted by Gasteiger charge is 2.36. The Hall–Kier alpha value is -7.55. The zero-order valence-electron chi connectivity index (χ0n) is 30.7. The Labute approximate surface area is 318 Å². The van der Waals surface area contributed by atoms with Crippen LogP contribution in [-0.4, -0.2) is 74.1 Å². The largest absolute Gasteiger partial charge is 0.493 e. The molecule has 56 heavy (non-hydrogen) atoms. The third kappa shape index (κ3) is 5.73. The number of hydrogen-bond acceptors (Lipinski definition) is 11. The van der Waals surface area contributed by atoms with E-state index >= 15 is 0 Å². The standard InChI is InChI=1S/C41H33N5O10/c1-51-27-11-20(12-28(52-2)35(27)54-4)31-34(41(50)46-38(31)47)25-17-44-37-23(25)10-19(15-43-37)18-56-30-14-21(13-29(53-3)36(30)55-5)32-33(40(49)45-39(32)48)24-16-42-26-9-7-6-8-22(24)26/h6-17,42H,18H2,1-5H3,(H,43,44)(H,45,48,49)(H,46,47,50). The molecule has 4 amide bonds. The van der Waals surface area contributed by atoms with Gasteiger partial charge in [-0.1, -0.05) is 18.2 Å². The Morgan fingerprint density at radius 3 is 1.62 bits per heavy atom. The van der Waals surface area contributed by atoms with Gasteiger partial charge in [0.05, 0.1) is 57.8 Å². The number of benzene rings is 3. The van der Waals surface area contributed by atoms with E-state index in [0.29, 0.717) is 56.1 Å². The molecule has 0 radical (unpaired) electrons. The number of nitrogens with zero attached hydrogens (tertiary/aromatic N) is 1. The summed E-state index contributed by atoms with van der Waals surface area (Å²) in [5.41, 5.74) is 4.19. The maximum absolute atomic E-state index is 13.4. The molecule has 0 atom stereocenters. The summed E-state index contributed by atoms with van der Waals surface area (Å²) in [4.78, 5) is 64.1. The van der Waals surface area contributed by atoms with Crippen molar-refractivity contribution in [1.29, 1.82) is 0 Å². The first-order valence-corrected chi connectivity index (χ1v) is 17.1. The molecule has 0 saturated carbocycles. The van der Waals surface area contributed by atoms with E-state index in [2.05, 4.69) is 25.6 Å². The molecule has 5 heterocycles. The zero-order valence-corrected chi connectivity index (χ0v) is 30.7. The van der Waals surface area contributed by atoms with Gasteiger partial charge in [-0.05, 0) is 47.5 Å². The summed E-state index contributed by atoms with van der Waals surface area (Å²) in [5.74, 6) is -0.596. The van der Waals surface area contributed by atoms with Gasteiger partial charge >= 0.3 is 0 Å². The van der Waals surface area contributed by atoms with Crippen molar-refractivity contribution < 1.29 is 47.6 Å². The van der Waals surface area contributed by atoms with Crippen LogP contribution in [0.5, 0.6) is 34.5 Å². The lowest BCUT2D eigenvalue weighted by Gasteiger charge is -2.16. The fourth-order valence-electron chi connectivity index (χ4n) is 7.15. The number of amides is 4. The molecule has 0 bridgehead atoms. The molecule has 3 aromatic carbocycles. The first-order valence-electron chi connectivity index (χ1n) is 17.1. The van der Waals surface area contributed by atoms with Crippen molar-refractivity contribution in [3.8, 4) is 34.5 Å². The maximum Gasteiger partial charge on any atom is 0.259 e. The van der Waals surface area contributed by atoms with E-state index in [1.54, 1.807) is 48.9 Å². The Bertz CT molecular complexity index is 2700. The predicted octanol–water partition coefficient (Wildman–Crippen LogP) is 4.80. The molecule has 0 unspecified atom stereocenters. The van der Waals surface area contributed by atoms with Crippen LogP contribution in [0.4, 0.5) is 0 Å². The average molecular weight is 756 g/mol. The Kier molecular flexibility index (Phi) is 8.88. The summed E-state index contributed by atoms with van der Waals surface area (Å²) in [6, 6.07) is 15.7. The highest BCUT2D eigenvalue weighted by Crippen LogP contribution is 2.45. The van der Waals surface area contributed by atoms with Crippen molar-refractivity contribution in [1.82, 2.24) is 25.6 Å². The van der Waals surface area contributed by atoms with Gasteiger partial charge in [0.15, 0.2) is 23.0 Å². The van der Waals surface area contributed by atoms with Crippen molar-refractivity contribution in [3.05, 3.63) is 101 Å². The van der Waals surface area contributed by atoms with E-state index in [1.165, 1.54) is 35.5 Å². The fourth-order valence-corrected chi connectivity index (χ4v) is 7.15. The van der Waals surface area contributed by atoms with Gasteiger partial charge in [-0.15, -0.1) is 0 Å². The quantitative estimate of drug-likeness (QED) is 0.126. The number of fused-ring (bicyclic) bond motifs is 2. The van der Waals surface area contributed by atoms with Crippen molar-refractivity contribution in [3.63, 3.8) is 0 Å². The van der Waals surface area contributed by atoms with Gasteiger partial charge in [0.2, 0.25) is 11.5 Å². The highest BCUT2D eigenvalue weighted by atomic mass is 16.5. The monoisotopic (exact) mass is 755 g/mol. The second-order valence-electron chi connectivity index (χ2n) is 12.7. The molecule has 0 fully saturated rings. The summed E-state index contributed by atoms with van der Waals surface area (Å²) < 4.78 is 34.1. The lowest BCUT2D eigenvalue weighted by atomic mass is 9.95. The molecule has 4 N–H and O–H groups in total. The first-order chi connectivity index (χ1) is 27.2. The zero-order chi connectivity index (χ0) is 39.2. The second-order valence-corrected chi connectivity index (χ2v) is 12.7. The van der Waals surface area contributed by atoms with Gasteiger partial charge < -0.3 is 38.4 Å². The molecule has 2 aliphatic rings. The Balaban J connectivity index is 1.18. The van der Waals surface area contributed by atoms with E-state index in [4.69, 9.17) is 28.4 Å². The van der Waals surface area contributed by atoms with Crippen LogP contribution in [-0.2, 0) is 25.8 Å². The van der Waals surface area contributed by atoms with Gasteiger partial charge in [-0.2, -0.15) is 0 Å². The van der Waals surface area contributed by atoms with Crippen molar-refractivity contribution in [2.24, 2.45) is 0 Å². The number of methoxy groups -OCH3 is 5. The smallest absolute Gasteiger partial charge is 0.259 e. The molecule has 8 rings (SSSR count). The molecular formula is C41H33N5O10. The van der Waals surface area contributed by atoms with E-state index < -0.39 is 23.6 Å². The van der Waals surface area contributed by atoms with Crippen LogP contribution in [0.1, 0.15) is 27.8 Å². The Morgan fingerprint density at radius 2 is 1.05 bits per heavy atom. The maximum atomic E-state index is 13.4. The van der Waals surface area contributed by atoms with Crippen LogP contribution in [0.15, 0.2) is 73.2 Å². The van der Waals surface area contributed by atoms with E-state index in [-0.39, 0.29) is 46.1 Å². The minimum atomic E-state index is -0.595. The van der Waals surface area contributed by atoms with Gasteiger partial charge in [0, 0.05) is 51.6 Å². The number of imide groups is 2. The number of para-hydroxylation sites is 1. The molecule has 0 aliphatic carbocycles. The van der Waals surface area contributed by atoms with Crippen LogP contribution in [0.2, 0.25) is 0 Å². The number of ether oxygens (including phenoxy) is 6. The summed E-state index contributed by atoms with van der Waals surface area (Å²) in [7, 11) is 7.30. The highest BCUT2D eigenvalue weighted by molar-refractivity contribution is 6.51. The number of hydrogen-bond donors (Lipinski definition) is 4. The van der Waals surface area contributed by atoms with Gasteiger partial charge in [-0.25, -0.2) is 4.98 Å². The fraction of sp³-hybridized carbons (Fsp3) is 0.146. The number of rotatable bonds is 12. The Morgan fingerprint density at radius 1 is 0.554 bits per heavy atom. The van der Waals surface area contributed by atoms with Crippen molar-refractivity contribution in [2.45, 2.75) is 6.61 Å². The lowest BCUT2D eigenvalue weighted by Crippen LogP contribution is -2.22. The molecule has 6 aromatic rings. The summed E-state index contributed by atoms with van der Waals surface area (Å²) >= 11 is 0. The van der Waals surface area contributed by atoms with Crippen LogP contribution in [0.25, 0.3) is 44.2 Å². The topological polar surface area (TPSA) is 192 Å².